The van der Waals surface area contributed by atoms with E-state index in [2.05, 4.69) is 21.1 Å². The van der Waals surface area contributed by atoms with Gasteiger partial charge in [-0.05, 0) is 47.8 Å². The number of carbonyl (C=O) groups is 1. The van der Waals surface area contributed by atoms with Gasteiger partial charge in [-0.1, -0.05) is 5.16 Å². The Bertz CT molecular complexity index is 614. The molecule has 2 aromatic heterocycles. The molecule has 0 bridgehead atoms. The lowest BCUT2D eigenvalue weighted by atomic mass is 10.1. The minimum Gasteiger partial charge on any atom is -0.360 e. The minimum atomic E-state index is 0.0378. The number of halogens is 1. The molecule has 1 aliphatic heterocycles. The smallest absolute Gasteiger partial charge is 0.259 e. The van der Waals surface area contributed by atoms with Crippen molar-refractivity contribution in [3.05, 3.63) is 27.2 Å². The molecule has 0 radical (unpaired) electrons. The van der Waals surface area contributed by atoms with Crippen LogP contribution >= 0.6 is 27.3 Å². The summed E-state index contributed by atoms with van der Waals surface area (Å²) >= 11 is 4.98. The van der Waals surface area contributed by atoms with Gasteiger partial charge in [0.15, 0.2) is 0 Å². The number of aromatic nitrogens is 1. The highest BCUT2D eigenvalue weighted by atomic mass is 79.9. The maximum absolute atomic E-state index is 12.5. The lowest BCUT2D eigenvalue weighted by Crippen LogP contribution is -2.28. The summed E-state index contributed by atoms with van der Waals surface area (Å²) in [6.07, 6.45) is 2.16. The third-order valence-corrected chi connectivity index (χ3v) is 4.91. The van der Waals surface area contributed by atoms with E-state index in [1.54, 1.807) is 18.3 Å². The Morgan fingerprint density at radius 3 is 2.79 bits per heavy atom. The Kier molecular flexibility index (Phi) is 3.45. The van der Waals surface area contributed by atoms with Crippen molar-refractivity contribution in [3.8, 4) is 10.6 Å². The summed E-state index contributed by atoms with van der Waals surface area (Å²) in [4.78, 5) is 15.4. The Labute approximate surface area is 123 Å². The quantitative estimate of drug-likeness (QED) is 0.837. The Hall–Kier alpha value is -1.14. The first kappa shape index (κ1) is 12.9. The molecule has 0 unspecified atom stereocenters. The van der Waals surface area contributed by atoms with Crippen LogP contribution in [0.15, 0.2) is 20.4 Å². The molecule has 100 valence electrons. The monoisotopic (exact) mass is 340 g/mol. The van der Waals surface area contributed by atoms with Crippen molar-refractivity contribution in [2.75, 3.05) is 13.1 Å². The molecule has 0 aromatic carbocycles. The Morgan fingerprint density at radius 1 is 1.42 bits per heavy atom. The number of carbonyl (C=O) groups excluding carboxylic acids is 1. The minimum absolute atomic E-state index is 0.0378. The van der Waals surface area contributed by atoms with Crippen molar-refractivity contribution < 1.29 is 9.32 Å². The first-order chi connectivity index (χ1) is 9.16. The SMILES string of the molecule is Cc1onc(-c2ccc(Br)s2)c1C(=O)N1CCCC1. The molecule has 3 heterocycles. The third-order valence-electron chi connectivity index (χ3n) is 3.28. The van der Waals surface area contributed by atoms with Crippen LogP contribution in [0.2, 0.25) is 0 Å². The van der Waals surface area contributed by atoms with E-state index in [0.29, 0.717) is 17.0 Å². The zero-order chi connectivity index (χ0) is 13.4. The predicted molar refractivity (Wildman–Crippen MR) is 77.4 cm³/mol. The number of thiophene rings is 1. The molecular formula is C13H13BrN2O2S. The van der Waals surface area contributed by atoms with E-state index in [1.165, 1.54) is 0 Å². The molecule has 1 amide bonds. The fourth-order valence-electron chi connectivity index (χ4n) is 2.31. The second-order valence-corrected chi connectivity index (χ2v) is 7.03. The van der Waals surface area contributed by atoms with Crippen LogP contribution in [0.3, 0.4) is 0 Å². The molecule has 0 saturated carbocycles. The van der Waals surface area contributed by atoms with Gasteiger partial charge in [-0.15, -0.1) is 11.3 Å². The van der Waals surface area contributed by atoms with Gasteiger partial charge in [-0.25, -0.2) is 0 Å². The summed E-state index contributed by atoms with van der Waals surface area (Å²) in [5, 5.41) is 4.06. The molecule has 4 nitrogen and oxygen atoms in total. The van der Waals surface area contributed by atoms with Crippen molar-refractivity contribution in [1.29, 1.82) is 0 Å². The van der Waals surface area contributed by atoms with Crippen molar-refractivity contribution in [2.24, 2.45) is 0 Å². The van der Waals surface area contributed by atoms with E-state index < -0.39 is 0 Å². The third kappa shape index (κ3) is 2.34. The first-order valence-corrected chi connectivity index (χ1v) is 7.79. The largest absolute Gasteiger partial charge is 0.360 e. The second-order valence-electron chi connectivity index (χ2n) is 4.57. The van der Waals surface area contributed by atoms with Gasteiger partial charge in [0, 0.05) is 13.1 Å². The van der Waals surface area contributed by atoms with Gasteiger partial charge in [-0.2, -0.15) is 0 Å². The van der Waals surface area contributed by atoms with Crippen molar-refractivity contribution in [2.45, 2.75) is 19.8 Å². The number of rotatable bonds is 2. The highest BCUT2D eigenvalue weighted by Gasteiger charge is 2.28. The molecule has 1 fully saturated rings. The molecule has 0 N–H and O–H groups in total. The van der Waals surface area contributed by atoms with Crippen LogP contribution in [0.1, 0.15) is 29.0 Å². The fraction of sp³-hybridized carbons (Fsp3) is 0.385. The molecule has 1 aliphatic rings. The number of hydrogen-bond acceptors (Lipinski definition) is 4. The zero-order valence-electron chi connectivity index (χ0n) is 10.5. The number of hydrogen-bond donors (Lipinski definition) is 0. The lowest BCUT2D eigenvalue weighted by Gasteiger charge is -2.14. The number of nitrogens with zero attached hydrogens (tertiary/aromatic N) is 2. The second kappa shape index (κ2) is 5.09. The number of amides is 1. The van der Waals surface area contributed by atoms with Crippen molar-refractivity contribution in [3.63, 3.8) is 0 Å². The number of aryl methyl sites for hydroxylation is 1. The molecule has 0 atom stereocenters. The van der Waals surface area contributed by atoms with E-state index in [4.69, 9.17) is 4.52 Å². The molecule has 1 saturated heterocycles. The molecule has 19 heavy (non-hydrogen) atoms. The maximum atomic E-state index is 12.5. The summed E-state index contributed by atoms with van der Waals surface area (Å²) in [6, 6.07) is 3.90. The van der Waals surface area contributed by atoms with Crippen LogP contribution in [0.4, 0.5) is 0 Å². The van der Waals surface area contributed by atoms with Crippen LogP contribution in [0, 0.1) is 6.92 Å². The van der Waals surface area contributed by atoms with Crippen molar-refractivity contribution in [1.82, 2.24) is 10.1 Å². The summed E-state index contributed by atoms with van der Waals surface area (Å²) in [7, 11) is 0. The van der Waals surface area contributed by atoms with Crippen LogP contribution in [-0.2, 0) is 0 Å². The van der Waals surface area contributed by atoms with Gasteiger partial charge < -0.3 is 9.42 Å². The fourth-order valence-corrected chi connectivity index (χ4v) is 3.69. The molecule has 0 spiro atoms. The van der Waals surface area contributed by atoms with E-state index in [0.717, 1.165) is 34.6 Å². The predicted octanol–water partition coefficient (Wildman–Crippen LogP) is 3.71. The topological polar surface area (TPSA) is 46.3 Å². The summed E-state index contributed by atoms with van der Waals surface area (Å²) in [5.41, 5.74) is 1.27. The van der Waals surface area contributed by atoms with E-state index in [9.17, 15) is 4.79 Å². The van der Waals surface area contributed by atoms with Gasteiger partial charge in [0.25, 0.3) is 5.91 Å². The lowest BCUT2D eigenvalue weighted by molar-refractivity contribution is 0.0792. The molecule has 3 rings (SSSR count). The normalized spacial score (nSPS) is 15.2. The van der Waals surface area contributed by atoms with E-state index in [-0.39, 0.29) is 5.91 Å². The molecular weight excluding hydrogens is 328 g/mol. The van der Waals surface area contributed by atoms with Gasteiger partial charge in [0.05, 0.1) is 8.66 Å². The summed E-state index contributed by atoms with van der Waals surface area (Å²) in [6.45, 7) is 3.45. The van der Waals surface area contributed by atoms with Crippen LogP contribution in [0.5, 0.6) is 0 Å². The highest BCUT2D eigenvalue weighted by molar-refractivity contribution is 9.11. The highest BCUT2D eigenvalue weighted by Crippen LogP contribution is 2.34. The van der Waals surface area contributed by atoms with Gasteiger partial charge in [0.1, 0.15) is 17.0 Å². The number of likely N-dealkylation sites (tertiary alicyclic amines) is 1. The van der Waals surface area contributed by atoms with Gasteiger partial charge >= 0.3 is 0 Å². The van der Waals surface area contributed by atoms with Crippen LogP contribution < -0.4 is 0 Å². The first-order valence-electron chi connectivity index (χ1n) is 6.18. The molecule has 2 aromatic rings. The standard InChI is InChI=1S/C13H13BrN2O2S/c1-8-11(13(17)16-6-2-3-7-16)12(15-18-8)9-4-5-10(14)19-9/h4-5H,2-3,6-7H2,1H3. The molecule has 0 aliphatic carbocycles. The van der Waals surface area contributed by atoms with Gasteiger partial charge in [0.2, 0.25) is 0 Å². The average Bonchev–Trinajstić information content (AvgIpc) is 3.08. The van der Waals surface area contributed by atoms with Crippen molar-refractivity contribution >= 4 is 33.2 Å². The average molecular weight is 341 g/mol. The Morgan fingerprint density at radius 2 is 2.16 bits per heavy atom. The summed E-state index contributed by atoms with van der Waals surface area (Å²) < 4.78 is 6.25. The van der Waals surface area contributed by atoms with E-state index in [1.807, 2.05) is 17.0 Å². The van der Waals surface area contributed by atoms with Crippen LogP contribution in [0.25, 0.3) is 10.6 Å². The maximum Gasteiger partial charge on any atom is 0.259 e. The zero-order valence-corrected chi connectivity index (χ0v) is 12.9. The van der Waals surface area contributed by atoms with Crippen LogP contribution in [-0.4, -0.2) is 29.1 Å². The Balaban J connectivity index is 2.01. The van der Waals surface area contributed by atoms with Gasteiger partial charge in [-0.3, -0.25) is 4.79 Å². The summed E-state index contributed by atoms with van der Waals surface area (Å²) in [5.74, 6) is 0.632. The van der Waals surface area contributed by atoms with E-state index >= 15 is 0 Å². The molecule has 6 heteroatoms.